The van der Waals surface area contributed by atoms with Crippen LogP contribution in [0, 0.1) is 5.92 Å². The summed E-state index contributed by atoms with van der Waals surface area (Å²) in [5.41, 5.74) is 0. The fourth-order valence-electron chi connectivity index (χ4n) is 1.39. The van der Waals surface area contributed by atoms with Gasteiger partial charge in [0.05, 0.1) is 18.8 Å². The van der Waals surface area contributed by atoms with Crippen molar-refractivity contribution in [3.8, 4) is 0 Å². The van der Waals surface area contributed by atoms with Crippen LogP contribution in [0.5, 0.6) is 0 Å². The van der Waals surface area contributed by atoms with Crippen molar-refractivity contribution in [3.63, 3.8) is 0 Å². The summed E-state index contributed by atoms with van der Waals surface area (Å²) in [7, 11) is 0. The predicted molar refractivity (Wildman–Crippen MR) is 42.3 cm³/mol. The summed E-state index contributed by atoms with van der Waals surface area (Å²) in [6, 6.07) is 0. The molecule has 0 aromatic heterocycles. The third kappa shape index (κ3) is 1.94. The molecule has 0 heterocycles. The molecule has 2 aliphatic carbocycles. The Labute approximate surface area is 67.6 Å². The van der Waals surface area contributed by atoms with Gasteiger partial charge in [0.1, 0.15) is 0 Å². The van der Waals surface area contributed by atoms with E-state index in [9.17, 15) is 5.11 Å². The second-order valence-electron chi connectivity index (χ2n) is 3.79. The molecule has 2 rings (SSSR count). The van der Waals surface area contributed by atoms with E-state index < -0.39 is 0 Å². The highest BCUT2D eigenvalue weighted by Gasteiger charge is 2.30. The lowest BCUT2D eigenvalue weighted by atomic mass is 9.96. The Hall–Kier alpha value is -0.0800. The van der Waals surface area contributed by atoms with Gasteiger partial charge in [0, 0.05) is 0 Å². The minimum atomic E-state index is -0.171. The van der Waals surface area contributed by atoms with Crippen LogP contribution in [0.2, 0.25) is 0 Å². The van der Waals surface area contributed by atoms with E-state index in [4.69, 9.17) is 4.74 Å². The summed E-state index contributed by atoms with van der Waals surface area (Å²) >= 11 is 0. The molecule has 2 fully saturated rings. The van der Waals surface area contributed by atoms with Crippen LogP contribution in [-0.4, -0.2) is 23.9 Å². The van der Waals surface area contributed by atoms with E-state index in [2.05, 4.69) is 0 Å². The zero-order valence-corrected chi connectivity index (χ0v) is 6.83. The molecule has 0 saturated heterocycles. The van der Waals surface area contributed by atoms with E-state index in [1.54, 1.807) is 0 Å². The molecule has 0 bridgehead atoms. The maximum atomic E-state index is 9.43. The smallest absolute Gasteiger partial charge is 0.0801 e. The van der Waals surface area contributed by atoms with Gasteiger partial charge in [-0.05, 0) is 38.0 Å². The topological polar surface area (TPSA) is 29.5 Å². The first-order chi connectivity index (χ1) is 5.36. The molecule has 2 aliphatic rings. The van der Waals surface area contributed by atoms with E-state index in [1.807, 2.05) is 0 Å². The molecule has 2 heteroatoms. The third-order valence-electron chi connectivity index (χ3n) is 2.72. The molecule has 1 atom stereocenters. The van der Waals surface area contributed by atoms with Gasteiger partial charge in [-0.3, -0.25) is 0 Å². The van der Waals surface area contributed by atoms with Gasteiger partial charge in [0.25, 0.3) is 0 Å². The van der Waals surface area contributed by atoms with Crippen molar-refractivity contribution in [2.75, 3.05) is 6.61 Å². The molecule has 0 aliphatic heterocycles. The molecule has 2 saturated carbocycles. The number of hydrogen-bond donors (Lipinski definition) is 1. The minimum absolute atomic E-state index is 0.171. The summed E-state index contributed by atoms with van der Waals surface area (Å²) in [5.74, 6) is 0.565. The normalized spacial score (nSPS) is 28.1. The zero-order valence-electron chi connectivity index (χ0n) is 6.83. The van der Waals surface area contributed by atoms with Crippen LogP contribution in [0.25, 0.3) is 0 Å². The van der Waals surface area contributed by atoms with Crippen molar-refractivity contribution in [2.24, 2.45) is 5.92 Å². The molecule has 11 heavy (non-hydrogen) atoms. The molecule has 0 aromatic rings. The van der Waals surface area contributed by atoms with Gasteiger partial charge in [-0.15, -0.1) is 0 Å². The van der Waals surface area contributed by atoms with E-state index >= 15 is 0 Å². The summed E-state index contributed by atoms with van der Waals surface area (Å²) in [5, 5.41) is 9.43. The SMILES string of the molecule is OC(COC1CCC1)C1CC1. The minimum Gasteiger partial charge on any atom is -0.390 e. The van der Waals surface area contributed by atoms with Crippen molar-refractivity contribution in [1.29, 1.82) is 0 Å². The van der Waals surface area contributed by atoms with Gasteiger partial charge in [-0.2, -0.15) is 0 Å². The molecule has 2 nitrogen and oxygen atoms in total. The van der Waals surface area contributed by atoms with Crippen molar-refractivity contribution in [2.45, 2.75) is 44.3 Å². The highest BCUT2D eigenvalue weighted by Crippen LogP contribution is 2.33. The summed E-state index contributed by atoms with van der Waals surface area (Å²) in [4.78, 5) is 0. The Morgan fingerprint density at radius 1 is 1.27 bits per heavy atom. The Balaban J connectivity index is 1.57. The van der Waals surface area contributed by atoms with Crippen LogP contribution < -0.4 is 0 Å². The average molecular weight is 156 g/mol. The van der Waals surface area contributed by atoms with Gasteiger partial charge in [-0.25, -0.2) is 0 Å². The monoisotopic (exact) mass is 156 g/mol. The predicted octanol–water partition coefficient (Wildman–Crippen LogP) is 1.33. The number of hydrogen-bond acceptors (Lipinski definition) is 2. The molecule has 0 spiro atoms. The van der Waals surface area contributed by atoms with Crippen LogP contribution in [0.1, 0.15) is 32.1 Å². The van der Waals surface area contributed by atoms with Crippen molar-refractivity contribution in [3.05, 3.63) is 0 Å². The van der Waals surface area contributed by atoms with Crippen LogP contribution >= 0.6 is 0 Å². The van der Waals surface area contributed by atoms with Gasteiger partial charge < -0.3 is 9.84 Å². The van der Waals surface area contributed by atoms with Crippen LogP contribution in [-0.2, 0) is 4.74 Å². The van der Waals surface area contributed by atoms with Gasteiger partial charge >= 0.3 is 0 Å². The van der Waals surface area contributed by atoms with E-state index in [0.29, 0.717) is 18.6 Å². The number of aliphatic hydroxyl groups excluding tert-OH is 1. The molecule has 1 unspecified atom stereocenters. The second-order valence-corrected chi connectivity index (χ2v) is 3.79. The lowest BCUT2D eigenvalue weighted by molar-refractivity contribution is -0.0472. The Kier molecular flexibility index (Phi) is 2.14. The molecule has 64 valence electrons. The van der Waals surface area contributed by atoms with E-state index in [0.717, 1.165) is 0 Å². The number of rotatable bonds is 4. The average Bonchev–Trinajstić information content (AvgIpc) is 2.64. The van der Waals surface area contributed by atoms with Crippen LogP contribution in [0.3, 0.4) is 0 Å². The first-order valence-corrected chi connectivity index (χ1v) is 4.66. The Morgan fingerprint density at radius 3 is 2.45 bits per heavy atom. The molecular formula is C9H16O2. The molecule has 0 aromatic carbocycles. The molecular weight excluding hydrogens is 140 g/mol. The molecule has 0 amide bonds. The third-order valence-corrected chi connectivity index (χ3v) is 2.72. The molecule has 0 radical (unpaired) electrons. The maximum Gasteiger partial charge on any atom is 0.0801 e. The second kappa shape index (κ2) is 3.11. The quantitative estimate of drug-likeness (QED) is 0.665. The highest BCUT2D eigenvalue weighted by molar-refractivity contribution is 4.81. The summed E-state index contributed by atoms with van der Waals surface area (Å²) < 4.78 is 5.49. The Morgan fingerprint density at radius 2 is 2.00 bits per heavy atom. The van der Waals surface area contributed by atoms with Gasteiger partial charge in [0.15, 0.2) is 0 Å². The molecule has 1 N–H and O–H groups in total. The fourth-order valence-corrected chi connectivity index (χ4v) is 1.39. The van der Waals surface area contributed by atoms with Gasteiger partial charge in [-0.1, -0.05) is 0 Å². The van der Waals surface area contributed by atoms with Crippen molar-refractivity contribution < 1.29 is 9.84 Å². The maximum absolute atomic E-state index is 9.43. The lowest BCUT2D eigenvalue weighted by Crippen LogP contribution is -2.27. The van der Waals surface area contributed by atoms with Gasteiger partial charge in [0.2, 0.25) is 0 Å². The highest BCUT2D eigenvalue weighted by atomic mass is 16.5. The largest absolute Gasteiger partial charge is 0.390 e. The summed E-state index contributed by atoms with van der Waals surface area (Å²) in [6.45, 7) is 0.579. The Bertz CT molecular complexity index is 128. The standard InChI is InChI=1S/C9H16O2/c10-9(7-4-5-7)6-11-8-2-1-3-8/h7-10H,1-6H2. The van der Waals surface area contributed by atoms with E-state index in [-0.39, 0.29) is 6.10 Å². The lowest BCUT2D eigenvalue weighted by Gasteiger charge is -2.26. The number of ether oxygens (including phenoxy) is 1. The first kappa shape index (κ1) is 7.56. The first-order valence-electron chi connectivity index (χ1n) is 4.66. The van der Waals surface area contributed by atoms with Crippen molar-refractivity contribution >= 4 is 0 Å². The fraction of sp³-hybridized carbons (Fsp3) is 1.00. The number of aliphatic hydroxyl groups is 1. The summed E-state index contributed by atoms with van der Waals surface area (Å²) in [6.07, 6.45) is 6.43. The van der Waals surface area contributed by atoms with Crippen LogP contribution in [0.15, 0.2) is 0 Å². The van der Waals surface area contributed by atoms with E-state index in [1.165, 1.54) is 32.1 Å². The van der Waals surface area contributed by atoms with Crippen LogP contribution in [0.4, 0.5) is 0 Å². The zero-order chi connectivity index (χ0) is 7.68. The van der Waals surface area contributed by atoms with Crippen molar-refractivity contribution in [1.82, 2.24) is 0 Å².